The number of para-hydroxylation sites is 1. The molecule has 8 atom stereocenters. The lowest BCUT2D eigenvalue weighted by molar-refractivity contribution is -0.140. The second-order valence-electron chi connectivity index (χ2n) is 17.3. The first kappa shape index (κ1) is 50.1. The summed E-state index contributed by atoms with van der Waals surface area (Å²) in [6.45, 7) is 2.29. The third kappa shape index (κ3) is 16.6. The number of piperidine rings is 2. The second kappa shape index (κ2) is 25.6. The number of hydrogen-bond donors (Lipinski definition) is 12. The highest BCUT2D eigenvalue weighted by Crippen LogP contribution is 2.21. The van der Waals surface area contributed by atoms with Gasteiger partial charge in [0.15, 0.2) is 0 Å². The molecule has 1 aromatic heterocycles. The van der Waals surface area contributed by atoms with Crippen molar-refractivity contribution in [1.82, 2.24) is 42.2 Å². The Bertz CT molecular complexity index is 2070. The van der Waals surface area contributed by atoms with E-state index in [1.165, 1.54) is 0 Å². The molecule has 0 spiro atoms. The van der Waals surface area contributed by atoms with E-state index in [0.29, 0.717) is 51.7 Å². The second-order valence-corrected chi connectivity index (χ2v) is 17.3. The van der Waals surface area contributed by atoms with Crippen LogP contribution in [0.15, 0.2) is 60.8 Å². The Morgan fingerprint density at radius 2 is 1.26 bits per heavy atom. The molecule has 19 heteroatoms. The molecule has 0 saturated carbocycles. The third-order valence-corrected chi connectivity index (χ3v) is 12.1. The van der Waals surface area contributed by atoms with Crippen LogP contribution in [0, 0.1) is 11.8 Å². The van der Waals surface area contributed by atoms with Gasteiger partial charge in [-0.2, -0.15) is 0 Å². The number of carboxylic acid groups (broad SMARTS) is 2. The lowest BCUT2D eigenvalue weighted by atomic mass is 9.91. The first-order chi connectivity index (χ1) is 31.3. The molecular formula is C46H66N10O9. The van der Waals surface area contributed by atoms with Crippen molar-refractivity contribution in [2.24, 2.45) is 23.3 Å². The molecule has 0 unspecified atom stereocenters. The zero-order chi connectivity index (χ0) is 46.7. The predicted octanol–water partition coefficient (Wildman–Crippen LogP) is 0.172. The van der Waals surface area contributed by atoms with Crippen molar-refractivity contribution in [3.05, 3.63) is 71.9 Å². The first-order valence-corrected chi connectivity index (χ1v) is 22.7. The number of aromatic nitrogens is 1. The smallest absolute Gasteiger partial charge is 0.305 e. The number of rotatable bonds is 25. The zero-order valence-electron chi connectivity index (χ0n) is 36.8. The van der Waals surface area contributed by atoms with Gasteiger partial charge < -0.3 is 63.9 Å². The van der Waals surface area contributed by atoms with Crippen LogP contribution < -0.4 is 48.7 Å². The standard InChI is InChI=1S/C46H66N10O9/c47-16-6-9-30(52-40(57)22-32(19-28-7-2-1-3-8-28)54-45(64)35-26-49-17-14-37(35)48)21-42(59)56-39-15-18-50-27-36(39)46(65)55-33(20-29-25-51-38-11-5-4-10-34(29)38)23-41(58)53-31(24-44(62)63)12-13-43(60)61/h1-5,7-8,10-11,25,30-33,35-37,39,49-51H,6,9,12-24,26-27,47-48H2,(H,52,57)(H,53,58)(H,54,64)(H,55,65)(H,56,59)(H,60,61)(H,62,63)/t30-,31-,32-,33-,35+,36+,37+,39+/m0/s1. The van der Waals surface area contributed by atoms with E-state index >= 15 is 0 Å². The molecule has 2 fully saturated rings. The molecule has 0 bridgehead atoms. The highest BCUT2D eigenvalue weighted by molar-refractivity contribution is 5.86. The monoisotopic (exact) mass is 903 g/mol. The van der Waals surface area contributed by atoms with E-state index in [9.17, 15) is 43.8 Å². The predicted molar refractivity (Wildman–Crippen MR) is 243 cm³/mol. The Balaban J connectivity index is 1.24. The zero-order valence-corrected chi connectivity index (χ0v) is 36.8. The van der Waals surface area contributed by atoms with E-state index in [1.807, 2.05) is 54.6 Å². The summed E-state index contributed by atoms with van der Waals surface area (Å²) in [4.78, 5) is 94.4. The Morgan fingerprint density at radius 1 is 0.662 bits per heavy atom. The van der Waals surface area contributed by atoms with Crippen molar-refractivity contribution >= 4 is 52.4 Å². The Hall–Kier alpha value is -5.89. The highest BCUT2D eigenvalue weighted by Gasteiger charge is 2.35. The van der Waals surface area contributed by atoms with Gasteiger partial charge >= 0.3 is 11.9 Å². The van der Waals surface area contributed by atoms with Gasteiger partial charge in [0.25, 0.3) is 0 Å². The van der Waals surface area contributed by atoms with Crippen LogP contribution >= 0.6 is 0 Å². The van der Waals surface area contributed by atoms with Crippen molar-refractivity contribution in [2.45, 2.75) is 113 Å². The van der Waals surface area contributed by atoms with Crippen molar-refractivity contribution in [3.8, 4) is 0 Å². The fourth-order valence-electron chi connectivity index (χ4n) is 8.74. The number of aromatic amines is 1. The molecule has 0 radical (unpaired) electrons. The number of amides is 5. The summed E-state index contributed by atoms with van der Waals surface area (Å²) >= 11 is 0. The summed E-state index contributed by atoms with van der Waals surface area (Å²) < 4.78 is 0. The van der Waals surface area contributed by atoms with Gasteiger partial charge in [-0.1, -0.05) is 48.5 Å². The number of aliphatic carboxylic acids is 2. The normalized spacial score (nSPS) is 20.3. The van der Waals surface area contributed by atoms with E-state index < -0.39 is 72.2 Å². The van der Waals surface area contributed by atoms with Gasteiger partial charge in [-0.25, -0.2) is 0 Å². The molecule has 19 nitrogen and oxygen atoms in total. The summed E-state index contributed by atoms with van der Waals surface area (Å²) in [6, 6.07) is 13.4. The number of H-pyrrole nitrogens is 1. The number of carboxylic acids is 2. The van der Waals surface area contributed by atoms with Crippen molar-refractivity contribution in [2.75, 3.05) is 32.7 Å². The number of nitrogens with one attached hydrogen (secondary N) is 8. The average molecular weight is 903 g/mol. The maximum atomic E-state index is 14.2. The molecule has 3 aromatic rings. The number of carbonyl (C=O) groups is 7. The lowest BCUT2D eigenvalue weighted by Gasteiger charge is -2.33. The molecule has 2 aliphatic rings. The van der Waals surface area contributed by atoms with Gasteiger partial charge in [0.1, 0.15) is 0 Å². The molecule has 65 heavy (non-hydrogen) atoms. The molecule has 2 aromatic carbocycles. The molecule has 3 heterocycles. The Morgan fingerprint density at radius 3 is 1.92 bits per heavy atom. The SMILES string of the molecule is NCCC[C@@H](CC(=O)N[C@@H]1CCNC[C@H]1C(=O)N[C@H](CC(=O)N[C@@H](CCC(=O)O)CC(=O)O)Cc1c[nH]c2ccccc12)NC(=O)C[C@H](Cc1ccccc1)NC(=O)[C@@H]1CNCC[C@H]1N. The van der Waals surface area contributed by atoms with Crippen LogP contribution in [-0.4, -0.2) is 126 Å². The van der Waals surface area contributed by atoms with E-state index in [4.69, 9.17) is 11.5 Å². The summed E-state index contributed by atoms with van der Waals surface area (Å²) in [5.41, 5.74) is 14.8. The van der Waals surface area contributed by atoms with Gasteiger partial charge in [-0.05, 0) is 81.8 Å². The molecule has 2 saturated heterocycles. The van der Waals surface area contributed by atoms with Crippen LogP contribution in [0.1, 0.15) is 75.3 Å². The van der Waals surface area contributed by atoms with Crippen LogP contribution in [0.2, 0.25) is 0 Å². The summed E-state index contributed by atoms with van der Waals surface area (Å²) in [5.74, 6) is -5.37. The minimum Gasteiger partial charge on any atom is -0.481 e. The molecule has 354 valence electrons. The Labute approximate surface area is 378 Å². The van der Waals surface area contributed by atoms with Crippen molar-refractivity contribution in [1.29, 1.82) is 0 Å². The first-order valence-electron chi connectivity index (χ1n) is 22.7. The highest BCUT2D eigenvalue weighted by atomic mass is 16.4. The number of benzene rings is 2. The van der Waals surface area contributed by atoms with E-state index in [-0.39, 0.29) is 68.8 Å². The van der Waals surface area contributed by atoms with Crippen LogP contribution in [0.4, 0.5) is 0 Å². The van der Waals surface area contributed by atoms with E-state index in [2.05, 4.69) is 42.2 Å². The van der Waals surface area contributed by atoms with E-state index in [1.54, 1.807) is 6.20 Å². The topological polar surface area (TPSA) is 312 Å². The quantitative estimate of drug-likeness (QED) is 0.0541. The lowest BCUT2D eigenvalue weighted by Crippen LogP contribution is -2.57. The molecule has 14 N–H and O–H groups in total. The van der Waals surface area contributed by atoms with Crippen LogP contribution in [0.5, 0.6) is 0 Å². The fourth-order valence-corrected chi connectivity index (χ4v) is 8.74. The molecule has 5 amide bonds. The number of hydrogen-bond acceptors (Lipinski definition) is 11. The molecule has 0 aliphatic carbocycles. The molecular weight excluding hydrogens is 837 g/mol. The molecule has 2 aliphatic heterocycles. The van der Waals surface area contributed by atoms with Gasteiger partial charge in [0, 0.05) is 92.1 Å². The van der Waals surface area contributed by atoms with E-state index in [0.717, 1.165) is 28.6 Å². The van der Waals surface area contributed by atoms with Gasteiger partial charge in [0.2, 0.25) is 29.5 Å². The minimum atomic E-state index is -1.19. The number of carbonyl (C=O) groups excluding carboxylic acids is 5. The molecule has 5 rings (SSSR count). The summed E-state index contributed by atoms with van der Waals surface area (Å²) in [5, 5.41) is 40.7. The summed E-state index contributed by atoms with van der Waals surface area (Å²) in [7, 11) is 0. The largest absolute Gasteiger partial charge is 0.481 e. The number of nitrogens with two attached hydrogens (primary N) is 2. The van der Waals surface area contributed by atoms with Gasteiger partial charge in [0.05, 0.1) is 18.3 Å². The van der Waals surface area contributed by atoms with Crippen molar-refractivity contribution in [3.63, 3.8) is 0 Å². The van der Waals surface area contributed by atoms with Crippen molar-refractivity contribution < 1.29 is 43.8 Å². The Kier molecular flexibility index (Phi) is 19.7. The number of fused-ring (bicyclic) bond motifs is 1. The third-order valence-electron chi connectivity index (χ3n) is 12.1. The average Bonchev–Trinajstić information content (AvgIpc) is 3.67. The maximum Gasteiger partial charge on any atom is 0.305 e. The van der Waals surface area contributed by atoms with Crippen LogP contribution in [0.25, 0.3) is 10.9 Å². The maximum absolute atomic E-state index is 14.2. The minimum absolute atomic E-state index is 0.0341. The van der Waals surface area contributed by atoms with Gasteiger partial charge in [-0.15, -0.1) is 0 Å². The fraction of sp³-hybridized carbons (Fsp3) is 0.543. The summed E-state index contributed by atoms with van der Waals surface area (Å²) in [6.07, 6.45) is 3.28. The van der Waals surface area contributed by atoms with Crippen LogP contribution in [0.3, 0.4) is 0 Å². The van der Waals surface area contributed by atoms with Gasteiger partial charge in [-0.3, -0.25) is 33.6 Å². The van der Waals surface area contributed by atoms with Crippen LogP contribution in [-0.2, 0) is 46.4 Å².